The van der Waals surface area contributed by atoms with Crippen LogP contribution in [0.15, 0.2) is 36.1 Å². The van der Waals surface area contributed by atoms with Gasteiger partial charge in [0, 0.05) is 5.70 Å². The molecule has 1 nitrogen and oxygen atoms in total. The minimum Gasteiger partial charge on any atom is -0.399 e. The fourth-order valence-corrected chi connectivity index (χ4v) is 0.458. The molecule has 0 rings (SSSR count). The Morgan fingerprint density at radius 1 is 1.25 bits per heavy atom. The average molecular weight is 167 g/mol. The molecule has 1 heteroatoms. The van der Waals surface area contributed by atoms with Crippen LogP contribution >= 0.6 is 0 Å². The third kappa shape index (κ3) is 9.02. The second kappa shape index (κ2) is 8.12. The topological polar surface area (TPSA) is 26.0 Å². The highest BCUT2D eigenvalue weighted by molar-refractivity contribution is 5.23. The van der Waals surface area contributed by atoms with Gasteiger partial charge in [0.2, 0.25) is 0 Å². The Balaban J connectivity index is 0. The Labute approximate surface area is 76.7 Å². The minimum atomic E-state index is 0.640. The lowest BCUT2D eigenvalue weighted by atomic mass is 10.1. The summed E-state index contributed by atoms with van der Waals surface area (Å²) in [6, 6.07) is 0. The van der Waals surface area contributed by atoms with E-state index in [1.165, 1.54) is 0 Å². The summed E-state index contributed by atoms with van der Waals surface area (Å²) in [4.78, 5) is 0. The van der Waals surface area contributed by atoms with Crippen molar-refractivity contribution >= 4 is 0 Å². The molecule has 0 aliphatic heterocycles. The van der Waals surface area contributed by atoms with Gasteiger partial charge in [-0.15, -0.1) is 0 Å². The van der Waals surface area contributed by atoms with Crippen LogP contribution in [0.4, 0.5) is 0 Å². The van der Waals surface area contributed by atoms with E-state index in [2.05, 4.69) is 13.2 Å². The van der Waals surface area contributed by atoms with Crippen molar-refractivity contribution in [3.8, 4) is 0 Å². The van der Waals surface area contributed by atoms with Crippen LogP contribution in [0.1, 0.15) is 34.1 Å². The molecule has 0 saturated heterocycles. The molecule has 0 aromatic rings. The zero-order valence-electron chi connectivity index (χ0n) is 8.78. The quantitative estimate of drug-likeness (QED) is 0.506. The average Bonchev–Trinajstić information content (AvgIpc) is 2.03. The van der Waals surface area contributed by atoms with Crippen LogP contribution in [0.25, 0.3) is 0 Å². The molecule has 0 unspecified atom stereocenters. The number of hydrogen-bond donors (Lipinski definition) is 1. The standard InChI is InChI=1S/C9H15N.C2H6/c1-7(2)5-6-8(3)9(4)10;1-2/h6H,1,4-5,10H2,2-3H3;1-2H3/b8-6+;. The molecule has 0 aromatic heterocycles. The van der Waals surface area contributed by atoms with E-state index in [0.29, 0.717) is 5.70 Å². The zero-order chi connectivity index (χ0) is 10.1. The highest BCUT2D eigenvalue weighted by atomic mass is 14.6. The predicted octanol–water partition coefficient (Wildman–Crippen LogP) is 3.40. The lowest BCUT2D eigenvalue weighted by Crippen LogP contribution is -1.95. The first-order chi connectivity index (χ1) is 5.54. The van der Waals surface area contributed by atoms with Crippen molar-refractivity contribution in [3.63, 3.8) is 0 Å². The van der Waals surface area contributed by atoms with Crippen molar-refractivity contribution in [2.45, 2.75) is 34.1 Å². The van der Waals surface area contributed by atoms with Crippen molar-refractivity contribution in [1.82, 2.24) is 0 Å². The summed E-state index contributed by atoms with van der Waals surface area (Å²) in [5, 5.41) is 0. The van der Waals surface area contributed by atoms with Gasteiger partial charge in [-0.1, -0.05) is 38.7 Å². The van der Waals surface area contributed by atoms with Gasteiger partial charge in [0.05, 0.1) is 0 Å². The molecule has 0 amide bonds. The van der Waals surface area contributed by atoms with Crippen LogP contribution in [0.5, 0.6) is 0 Å². The highest BCUT2D eigenvalue weighted by Crippen LogP contribution is 2.04. The van der Waals surface area contributed by atoms with E-state index < -0.39 is 0 Å². The van der Waals surface area contributed by atoms with Gasteiger partial charge in [-0.25, -0.2) is 0 Å². The van der Waals surface area contributed by atoms with E-state index in [4.69, 9.17) is 5.73 Å². The van der Waals surface area contributed by atoms with Crippen molar-refractivity contribution in [1.29, 1.82) is 0 Å². The maximum atomic E-state index is 5.43. The van der Waals surface area contributed by atoms with Crippen molar-refractivity contribution in [2.24, 2.45) is 5.73 Å². The molecular formula is C11H21N. The van der Waals surface area contributed by atoms with Crippen molar-refractivity contribution in [2.75, 3.05) is 0 Å². The smallest absolute Gasteiger partial charge is 0.0267 e. The monoisotopic (exact) mass is 167 g/mol. The van der Waals surface area contributed by atoms with E-state index in [1.54, 1.807) is 0 Å². The van der Waals surface area contributed by atoms with Crippen LogP contribution < -0.4 is 5.73 Å². The largest absolute Gasteiger partial charge is 0.399 e. The van der Waals surface area contributed by atoms with E-state index in [1.807, 2.05) is 33.8 Å². The first kappa shape index (κ1) is 13.6. The highest BCUT2D eigenvalue weighted by Gasteiger charge is 1.88. The fraction of sp³-hybridized carbons (Fsp3) is 0.455. The van der Waals surface area contributed by atoms with Crippen LogP contribution in [-0.2, 0) is 0 Å². The molecule has 0 heterocycles. The van der Waals surface area contributed by atoms with Gasteiger partial charge < -0.3 is 5.73 Å². The van der Waals surface area contributed by atoms with Gasteiger partial charge in [0.15, 0.2) is 0 Å². The Hall–Kier alpha value is -0.980. The van der Waals surface area contributed by atoms with E-state index >= 15 is 0 Å². The molecule has 0 spiro atoms. The van der Waals surface area contributed by atoms with Crippen LogP contribution in [0, 0.1) is 0 Å². The lowest BCUT2D eigenvalue weighted by Gasteiger charge is -1.97. The third-order valence-electron chi connectivity index (χ3n) is 1.26. The van der Waals surface area contributed by atoms with Gasteiger partial charge in [0.25, 0.3) is 0 Å². The summed E-state index contributed by atoms with van der Waals surface area (Å²) in [7, 11) is 0. The molecule has 12 heavy (non-hydrogen) atoms. The van der Waals surface area contributed by atoms with Gasteiger partial charge >= 0.3 is 0 Å². The molecule has 0 fully saturated rings. The lowest BCUT2D eigenvalue weighted by molar-refractivity contribution is 1.18. The molecule has 0 aliphatic rings. The number of nitrogens with two attached hydrogens (primary N) is 1. The van der Waals surface area contributed by atoms with E-state index in [-0.39, 0.29) is 0 Å². The summed E-state index contributed by atoms with van der Waals surface area (Å²) in [6.07, 6.45) is 2.92. The molecule has 0 radical (unpaired) electrons. The Morgan fingerprint density at radius 2 is 1.67 bits per heavy atom. The summed E-state index contributed by atoms with van der Waals surface area (Å²) in [5.74, 6) is 0. The summed E-state index contributed by atoms with van der Waals surface area (Å²) < 4.78 is 0. The Morgan fingerprint density at radius 3 is 1.92 bits per heavy atom. The Kier molecular flexibility index (Phi) is 9.20. The van der Waals surface area contributed by atoms with Crippen LogP contribution in [-0.4, -0.2) is 0 Å². The number of rotatable bonds is 3. The maximum absolute atomic E-state index is 5.43. The molecule has 0 aliphatic carbocycles. The molecule has 2 N–H and O–H groups in total. The fourth-order valence-electron chi connectivity index (χ4n) is 0.458. The number of hydrogen-bond acceptors (Lipinski definition) is 1. The molecule has 0 aromatic carbocycles. The molecule has 0 atom stereocenters. The van der Waals surface area contributed by atoms with Crippen molar-refractivity contribution < 1.29 is 0 Å². The summed E-state index contributed by atoms with van der Waals surface area (Å²) in [5.41, 5.74) is 8.25. The zero-order valence-corrected chi connectivity index (χ0v) is 8.78. The minimum absolute atomic E-state index is 0.640. The van der Waals surface area contributed by atoms with Gasteiger partial charge in [0.1, 0.15) is 0 Å². The van der Waals surface area contributed by atoms with Crippen LogP contribution in [0.2, 0.25) is 0 Å². The SMILES string of the molecule is C=C(C)C/C=C(\C)C(=C)N.CC. The number of allylic oxidation sites excluding steroid dienone is 3. The molecular weight excluding hydrogens is 146 g/mol. The second-order valence-corrected chi connectivity index (χ2v) is 2.57. The maximum Gasteiger partial charge on any atom is 0.0267 e. The van der Waals surface area contributed by atoms with Gasteiger partial charge in [-0.2, -0.15) is 0 Å². The normalized spacial score (nSPS) is 9.83. The molecule has 0 saturated carbocycles. The third-order valence-corrected chi connectivity index (χ3v) is 1.26. The Bertz CT molecular complexity index is 175. The van der Waals surface area contributed by atoms with Crippen LogP contribution in [0.3, 0.4) is 0 Å². The predicted molar refractivity (Wildman–Crippen MR) is 57.9 cm³/mol. The van der Waals surface area contributed by atoms with Gasteiger partial charge in [-0.05, 0) is 25.8 Å². The van der Waals surface area contributed by atoms with Crippen molar-refractivity contribution in [3.05, 3.63) is 36.1 Å². The molecule has 70 valence electrons. The molecule has 0 bridgehead atoms. The first-order valence-corrected chi connectivity index (χ1v) is 4.30. The summed E-state index contributed by atoms with van der Waals surface area (Å²) in [6.45, 7) is 15.3. The van der Waals surface area contributed by atoms with Gasteiger partial charge in [-0.3, -0.25) is 0 Å². The summed E-state index contributed by atoms with van der Waals surface area (Å²) >= 11 is 0. The van der Waals surface area contributed by atoms with E-state index in [9.17, 15) is 0 Å². The first-order valence-electron chi connectivity index (χ1n) is 4.30. The van der Waals surface area contributed by atoms with E-state index in [0.717, 1.165) is 17.6 Å². The second-order valence-electron chi connectivity index (χ2n) is 2.57.